The van der Waals surface area contributed by atoms with Gasteiger partial charge in [-0.2, -0.15) is 0 Å². The van der Waals surface area contributed by atoms with E-state index in [0.717, 1.165) is 10.6 Å². The van der Waals surface area contributed by atoms with Crippen molar-refractivity contribution in [3.8, 4) is 0 Å². The molecule has 3 rings (SSSR count). The zero-order valence-electron chi connectivity index (χ0n) is 10.6. The van der Waals surface area contributed by atoms with Crippen LogP contribution in [0.3, 0.4) is 0 Å². The van der Waals surface area contributed by atoms with Gasteiger partial charge >= 0.3 is 0 Å². The highest BCUT2D eigenvalue weighted by atomic mass is 32.3. The van der Waals surface area contributed by atoms with Crippen molar-refractivity contribution in [2.24, 2.45) is 5.14 Å². The van der Waals surface area contributed by atoms with Crippen molar-refractivity contribution in [1.29, 1.82) is 0 Å². The Morgan fingerprint density at radius 2 is 2.05 bits per heavy atom. The molecule has 2 aliphatic rings. The number of hydrogen-bond acceptors (Lipinski definition) is 7. The fourth-order valence-corrected chi connectivity index (χ4v) is 6.13. The number of anilines is 1. The Balaban J connectivity index is 1.88. The van der Waals surface area contributed by atoms with Crippen molar-refractivity contribution in [2.45, 2.75) is 8.43 Å². The van der Waals surface area contributed by atoms with Gasteiger partial charge in [-0.15, -0.1) is 0 Å². The van der Waals surface area contributed by atoms with Crippen LogP contribution in [-0.4, -0.2) is 42.6 Å². The summed E-state index contributed by atoms with van der Waals surface area (Å²) in [7, 11) is -3.80. The van der Waals surface area contributed by atoms with E-state index in [4.69, 9.17) is 9.88 Å². The first-order chi connectivity index (χ1) is 9.50. The molecule has 0 bridgehead atoms. The molecule has 2 aliphatic heterocycles. The normalized spacial score (nSPS) is 27.1. The largest absolute Gasteiger partial charge is 0.379 e. The molecular weight excluding hydrogens is 318 g/mol. The number of fused-ring (bicyclic) bond motifs is 1. The van der Waals surface area contributed by atoms with Crippen molar-refractivity contribution in [3.05, 3.63) is 24.3 Å². The summed E-state index contributed by atoms with van der Waals surface area (Å²) >= 11 is 2.47. The van der Waals surface area contributed by atoms with Crippen LogP contribution < -0.4 is 10.5 Å². The highest BCUT2D eigenvalue weighted by Gasteiger charge is 2.50. The van der Waals surface area contributed by atoms with Gasteiger partial charge in [0, 0.05) is 18.0 Å². The van der Waals surface area contributed by atoms with Crippen LogP contribution in [-0.2, 0) is 14.8 Å². The lowest BCUT2D eigenvalue weighted by Gasteiger charge is -2.33. The lowest BCUT2D eigenvalue weighted by Crippen LogP contribution is -2.46. The number of hydrogen-bond donors (Lipinski definition) is 2. The van der Waals surface area contributed by atoms with Crippen molar-refractivity contribution in [1.82, 2.24) is 4.31 Å². The average molecular weight is 333 g/mol. The van der Waals surface area contributed by atoms with E-state index >= 15 is 0 Å². The van der Waals surface area contributed by atoms with E-state index < -0.39 is 13.6 Å². The molecule has 0 amide bonds. The number of sulfonamides is 1. The number of rotatable bonds is 3. The molecule has 1 fully saturated rings. The molecule has 0 radical (unpaired) electrons. The summed E-state index contributed by atoms with van der Waals surface area (Å²) in [5.74, 6) is 0. The van der Waals surface area contributed by atoms with E-state index in [0.29, 0.717) is 26.3 Å². The minimum absolute atomic E-state index is 0.602. The van der Waals surface area contributed by atoms with Crippen LogP contribution in [0.15, 0.2) is 29.2 Å². The standard InChI is InChI=1S/C11H15N3O3S3/c12-20(15,16)11(19-14-5-7-17-8-6-14)13-9-3-1-2-4-10(9)18-11/h1-4,13H,5-8H2,(H2,12,15,16). The zero-order valence-corrected chi connectivity index (χ0v) is 13.1. The van der Waals surface area contributed by atoms with Gasteiger partial charge in [0.05, 0.1) is 18.9 Å². The summed E-state index contributed by atoms with van der Waals surface area (Å²) in [6, 6.07) is 7.49. The number of morpholine rings is 1. The molecular formula is C11H15N3O3S3. The topological polar surface area (TPSA) is 84.7 Å². The molecule has 1 saturated heterocycles. The fraction of sp³-hybridized carbons (Fsp3) is 0.455. The second kappa shape index (κ2) is 5.39. The van der Waals surface area contributed by atoms with E-state index in [9.17, 15) is 8.42 Å². The third-order valence-electron chi connectivity index (χ3n) is 3.01. The van der Waals surface area contributed by atoms with Crippen LogP contribution in [0.1, 0.15) is 0 Å². The van der Waals surface area contributed by atoms with Crippen LogP contribution in [0.4, 0.5) is 5.69 Å². The molecule has 0 spiro atoms. The highest BCUT2D eigenvalue weighted by Crippen LogP contribution is 2.54. The number of nitrogens with two attached hydrogens (primary N) is 1. The number of nitrogens with one attached hydrogen (secondary N) is 1. The number of para-hydroxylation sites is 1. The van der Waals surface area contributed by atoms with Gasteiger partial charge in [0.2, 0.25) is 0 Å². The Morgan fingerprint density at radius 3 is 2.70 bits per heavy atom. The molecule has 20 heavy (non-hydrogen) atoms. The maximum atomic E-state index is 12.1. The summed E-state index contributed by atoms with van der Waals surface area (Å²) in [6.45, 7) is 2.57. The molecule has 0 saturated carbocycles. The predicted molar refractivity (Wildman–Crippen MR) is 81.7 cm³/mol. The summed E-state index contributed by atoms with van der Waals surface area (Å²) in [5.41, 5.74) is 0.798. The number of ether oxygens (including phenoxy) is 1. The van der Waals surface area contributed by atoms with Gasteiger partial charge < -0.3 is 10.1 Å². The second-order valence-corrected chi connectivity index (χ2v) is 9.50. The van der Waals surface area contributed by atoms with Gasteiger partial charge in [-0.25, -0.2) is 17.9 Å². The molecule has 1 aromatic carbocycles. The van der Waals surface area contributed by atoms with Crippen LogP contribution in [0.2, 0.25) is 0 Å². The lowest BCUT2D eigenvalue weighted by atomic mass is 10.3. The Bertz CT molecular complexity index is 577. The molecule has 3 N–H and O–H groups in total. The molecule has 6 nitrogen and oxygen atoms in total. The minimum atomic E-state index is -3.80. The van der Waals surface area contributed by atoms with Crippen LogP contribution >= 0.6 is 23.7 Å². The van der Waals surface area contributed by atoms with E-state index in [1.165, 1.54) is 23.7 Å². The summed E-state index contributed by atoms with van der Waals surface area (Å²) < 4.78 is 30.2. The van der Waals surface area contributed by atoms with Crippen molar-refractivity contribution in [2.75, 3.05) is 31.6 Å². The first-order valence-electron chi connectivity index (χ1n) is 6.11. The first-order valence-corrected chi connectivity index (χ1v) is 9.24. The number of nitrogens with zero attached hydrogens (tertiary/aromatic N) is 1. The Morgan fingerprint density at radius 1 is 1.35 bits per heavy atom. The highest BCUT2D eigenvalue weighted by molar-refractivity contribution is 8.30. The van der Waals surface area contributed by atoms with E-state index in [1.54, 1.807) is 0 Å². The number of primary sulfonamides is 1. The average Bonchev–Trinajstić information content (AvgIpc) is 2.78. The van der Waals surface area contributed by atoms with Gasteiger partial charge in [-0.1, -0.05) is 23.9 Å². The zero-order chi connectivity index (χ0) is 14.2. The van der Waals surface area contributed by atoms with Crippen LogP contribution in [0.25, 0.3) is 0 Å². The van der Waals surface area contributed by atoms with E-state index in [1.807, 2.05) is 28.6 Å². The third kappa shape index (κ3) is 2.66. The molecule has 1 atom stereocenters. The van der Waals surface area contributed by atoms with Gasteiger partial charge in [0.15, 0.2) is 0 Å². The van der Waals surface area contributed by atoms with Crippen molar-refractivity contribution < 1.29 is 13.2 Å². The summed E-state index contributed by atoms with van der Waals surface area (Å²) in [5, 5.41) is 8.55. The molecule has 1 aromatic rings. The monoisotopic (exact) mass is 333 g/mol. The van der Waals surface area contributed by atoms with Gasteiger partial charge in [0.1, 0.15) is 0 Å². The molecule has 0 aromatic heterocycles. The Kier molecular flexibility index (Phi) is 3.91. The predicted octanol–water partition coefficient (Wildman–Crippen LogP) is 1.08. The molecule has 9 heteroatoms. The van der Waals surface area contributed by atoms with E-state index in [2.05, 4.69) is 5.32 Å². The van der Waals surface area contributed by atoms with Gasteiger partial charge in [-0.05, 0) is 24.1 Å². The number of benzene rings is 1. The Labute approximate surface area is 126 Å². The maximum Gasteiger partial charge on any atom is 0.266 e. The number of thioether (sulfide) groups is 1. The second-order valence-electron chi connectivity index (χ2n) is 4.46. The fourth-order valence-electron chi connectivity index (χ4n) is 2.02. The van der Waals surface area contributed by atoms with Gasteiger partial charge in [0.25, 0.3) is 13.6 Å². The minimum Gasteiger partial charge on any atom is -0.379 e. The van der Waals surface area contributed by atoms with Crippen molar-refractivity contribution in [3.63, 3.8) is 0 Å². The quantitative estimate of drug-likeness (QED) is 0.801. The summed E-state index contributed by atoms with van der Waals surface area (Å²) in [4.78, 5) is 0.891. The third-order valence-corrected chi connectivity index (χ3v) is 8.12. The molecule has 110 valence electrons. The van der Waals surface area contributed by atoms with Crippen LogP contribution in [0.5, 0.6) is 0 Å². The lowest BCUT2D eigenvalue weighted by molar-refractivity contribution is 0.0772. The van der Waals surface area contributed by atoms with E-state index in [-0.39, 0.29) is 0 Å². The SMILES string of the molecule is NS(=O)(=O)C1(SN2CCOCC2)Nc2ccccc2S1. The maximum absolute atomic E-state index is 12.1. The molecule has 0 aliphatic carbocycles. The Hall–Kier alpha value is -0.450. The summed E-state index contributed by atoms with van der Waals surface area (Å²) in [6.07, 6.45) is 0. The molecule has 2 heterocycles. The van der Waals surface area contributed by atoms with Crippen LogP contribution in [0, 0.1) is 0 Å². The molecule has 1 unspecified atom stereocenters. The smallest absolute Gasteiger partial charge is 0.266 e. The van der Waals surface area contributed by atoms with Crippen molar-refractivity contribution >= 4 is 39.4 Å². The first kappa shape index (κ1) is 14.5. The van der Waals surface area contributed by atoms with Gasteiger partial charge in [-0.3, -0.25) is 0 Å².